The van der Waals surface area contributed by atoms with Crippen LogP contribution in [-0.2, 0) is 12.0 Å². The van der Waals surface area contributed by atoms with Crippen molar-refractivity contribution in [3.63, 3.8) is 0 Å². The predicted molar refractivity (Wildman–Crippen MR) is 144 cm³/mol. The summed E-state index contributed by atoms with van der Waals surface area (Å²) in [5.74, 6) is 0.709. The number of anilines is 1. The first-order chi connectivity index (χ1) is 19.5. The lowest BCUT2D eigenvalue weighted by atomic mass is 9.64. The van der Waals surface area contributed by atoms with Gasteiger partial charge in [-0.2, -0.15) is 10.1 Å². The Kier molecular flexibility index (Phi) is 5.51. The molecule has 2 aromatic carbocycles. The summed E-state index contributed by atoms with van der Waals surface area (Å²) < 4.78 is 7.33. The number of nitrogens with two attached hydrogens (primary N) is 1. The Morgan fingerprint density at radius 2 is 1.55 bits per heavy atom. The number of aromatic nitrogens is 6. The molecule has 1 saturated carbocycles. The van der Waals surface area contributed by atoms with E-state index in [4.69, 9.17) is 15.2 Å². The van der Waals surface area contributed by atoms with Crippen molar-refractivity contribution in [2.45, 2.75) is 31.2 Å². The monoisotopic (exact) mass is 532 g/mol. The van der Waals surface area contributed by atoms with Crippen molar-refractivity contribution in [1.29, 1.82) is 0 Å². The standard InChI is InChI=1S/C29H24N8O3/c30-28-31-14-19(15-32-28)18-6-8-21(9-7-18)29(10-3-11-29)27-34-24(40-35-27)20-16-33-36(17-20)12-13-37-25(38)22-4-1-2-5-23(22)26(37)39/h1-2,4-9,14-17H,3,10-13H2,(H2,30,31,32). The average molecular weight is 533 g/mol. The zero-order chi connectivity index (χ0) is 27.3. The van der Waals surface area contributed by atoms with Crippen LogP contribution in [0.1, 0.15) is 51.4 Å². The van der Waals surface area contributed by atoms with E-state index in [0.29, 0.717) is 35.0 Å². The van der Waals surface area contributed by atoms with Gasteiger partial charge in [0, 0.05) is 30.7 Å². The number of hydrogen-bond donors (Lipinski definition) is 1. The number of amides is 2. The number of fused-ring (bicyclic) bond motifs is 1. The molecule has 4 heterocycles. The zero-order valence-corrected chi connectivity index (χ0v) is 21.4. The van der Waals surface area contributed by atoms with Crippen LogP contribution >= 0.6 is 0 Å². The van der Waals surface area contributed by atoms with Crippen molar-refractivity contribution < 1.29 is 14.1 Å². The molecule has 7 rings (SSSR count). The SMILES string of the molecule is Nc1ncc(-c2ccc(C3(c4noc(-c5cnn(CCN6C(=O)c7ccccc7C6=O)c5)n4)CCC3)cc2)cn1. The molecule has 3 aromatic heterocycles. The molecule has 0 atom stereocenters. The fraction of sp³-hybridized carbons (Fsp3) is 0.207. The number of hydrogen-bond acceptors (Lipinski definition) is 9. The number of imide groups is 1. The average Bonchev–Trinajstić information content (AvgIpc) is 3.68. The molecule has 0 unspecified atom stereocenters. The number of rotatable bonds is 7. The Labute approximate surface area is 228 Å². The van der Waals surface area contributed by atoms with E-state index in [0.717, 1.165) is 36.0 Å². The van der Waals surface area contributed by atoms with Crippen molar-refractivity contribution in [2.75, 3.05) is 12.3 Å². The summed E-state index contributed by atoms with van der Waals surface area (Å²) in [5.41, 5.74) is 9.87. The van der Waals surface area contributed by atoms with Crippen molar-refractivity contribution in [1.82, 2.24) is 34.8 Å². The van der Waals surface area contributed by atoms with E-state index in [9.17, 15) is 9.59 Å². The second-order valence-electron chi connectivity index (χ2n) is 10.1. The van der Waals surface area contributed by atoms with Crippen LogP contribution < -0.4 is 5.73 Å². The third-order valence-electron chi connectivity index (χ3n) is 7.81. The van der Waals surface area contributed by atoms with Crippen LogP contribution in [0.2, 0.25) is 0 Å². The minimum Gasteiger partial charge on any atom is -0.368 e. The van der Waals surface area contributed by atoms with Crippen molar-refractivity contribution >= 4 is 17.8 Å². The summed E-state index contributed by atoms with van der Waals surface area (Å²) in [6.07, 6.45) is 9.78. The molecule has 198 valence electrons. The molecule has 0 spiro atoms. The second kappa shape index (κ2) is 9.23. The Balaban J connectivity index is 1.06. The van der Waals surface area contributed by atoms with Gasteiger partial charge in [0.05, 0.1) is 34.8 Å². The van der Waals surface area contributed by atoms with Gasteiger partial charge in [-0.25, -0.2) is 9.97 Å². The van der Waals surface area contributed by atoms with Crippen LogP contribution in [0.25, 0.3) is 22.6 Å². The third kappa shape index (κ3) is 3.85. The van der Waals surface area contributed by atoms with Crippen LogP contribution in [0.5, 0.6) is 0 Å². The summed E-state index contributed by atoms with van der Waals surface area (Å²) in [6, 6.07) is 15.1. The lowest BCUT2D eigenvalue weighted by molar-refractivity contribution is 0.0647. The maximum Gasteiger partial charge on any atom is 0.261 e. The highest BCUT2D eigenvalue weighted by molar-refractivity contribution is 6.21. The molecule has 0 saturated heterocycles. The van der Waals surface area contributed by atoms with Crippen molar-refractivity contribution in [3.05, 3.63) is 95.8 Å². The van der Waals surface area contributed by atoms with Gasteiger partial charge in [-0.3, -0.25) is 19.2 Å². The quantitative estimate of drug-likeness (QED) is 0.310. The number of carbonyl (C=O) groups excluding carboxylic acids is 2. The fourth-order valence-electron chi connectivity index (χ4n) is 5.42. The molecular weight excluding hydrogens is 508 g/mol. The van der Waals surface area contributed by atoms with E-state index in [-0.39, 0.29) is 29.7 Å². The highest BCUT2D eigenvalue weighted by Gasteiger charge is 2.44. The first kappa shape index (κ1) is 23.9. The van der Waals surface area contributed by atoms with Crippen molar-refractivity contribution in [2.24, 2.45) is 0 Å². The smallest absolute Gasteiger partial charge is 0.261 e. The lowest BCUT2D eigenvalue weighted by Gasteiger charge is -2.39. The highest BCUT2D eigenvalue weighted by atomic mass is 16.5. The minimum absolute atomic E-state index is 0.212. The number of benzene rings is 2. The van der Waals surface area contributed by atoms with Crippen LogP contribution in [-0.4, -0.2) is 53.1 Å². The Hall–Kier alpha value is -5.19. The van der Waals surface area contributed by atoms with Gasteiger partial charge in [-0.15, -0.1) is 0 Å². The van der Waals surface area contributed by atoms with Crippen LogP contribution in [0.4, 0.5) is 5.95 Å². The van der Waals surface area contributed by atoms with Crippen LogP contribution in [0.15, 0.2) is 77.8 Å². The first-order valence-electron chi connectivity index (χ1n) is 13.0. The van der Waals surface area contributed by atoms with E-state index >= 15 is 0 Å². The summed E-state index contributed by atoms with van der Waals surface area (Å²) in [6.45, 7) is 0.561. The molecule has 0 radical (unpaired) electrons. The van der Waals surface area contributed by atoms with E-state index in [1.54, 1.807) is 53.7 Å². The molecule has 2 aliphatic rings. The van der Waals surface area contributed by atoms with Gasteiger partial charge in [-0.1, -0.05) is 48.0 Å². The molecule has 5 aromatic rings. The molecule has 1 aliphatic carbocycles. The van der Waals surface area contributed by atoms with Gasteiger partial charge < -0.3 is 10.3 Å². The van der Waals surface area contributed by atoms with Gasteiger partial charge in [0.25, 0.3) is 17.7 Å². The first-order valence-corrected chi connectivity index (χ1v) is 13.0. The topological polar surface area (TPSA) is 146 Å². The molecule has 2 N–H and O–H groups in total. The highest BCUT2D eigenvalue weighted by Crippen LogP contribution is 2.48. The van der Waals surface area contributed by atoms with Gasteiger partial charge >= 0.3 is 0 Å². The molecule has 0 bridgehead atoms. The largest absolute Gasteiger partial charge is 0.368 e. The van der Waals surface area contributed by atoms with Gasteiger partial charge in [0.1, 0.15) is 0 Å². The van der Waals surface area contributed by atoms with Crippen molar-refractivity contribution in [3.8, 4) is 22.6 Å². The van der Waals surface area contributed by atoms with Gasteiger partial charge in [-0.05, 0) is 36.1 Å². The Bertz CT molecular complexity index is 1700. The van der Waals surface area contributed by atoms with E-state index in [1.165, 1.54) is 4.90 Å². The number of carbonyl (C=O) groups is 2. The van der Waals surface area contributed by atoms with E-state index in [1.807, 2.05) is 12.1 Å². The van der Waals surface area contributed by atoms with E-state index in [2.05, 4.69) is 32.4 Å². The number of nitrogens with zero attached hydrogens (tertiary/aromatic N) is 7. The maximum absolute atomic E-state index is 12.6. The molecule has 40 heavy (non-hydrogen) atoms. The third-order valence-corrected chi connectivity index (χ3v) is 7.81. The van der Waals surface area contributed by atoms with Crippen LogP contribution in [0, 0.1) is 0 Å². The molecule has 2 amide bonds. The predicted octanol–water partition coefficient (Wildman–Crippen LogP) is 3.74. The molecule has 1 fully saturated rings. The Morgan fingerprint density at radius 1 is 0.850 bits per heavy atom. The second-order valence-corrected chi connectivity index (χ2v) is 10.1. The zero-order valence-electron chi connectivity index (χ0n) is 21.4. The normalized spacial score (nSPS) is 15.8. The Morgan fingerprint density at radius 3 is 2.20 bits per heavy atom. The number of nitrogen functional groups attached to an aromatic ring is 1. The lowest BCUT2D eigenvalue weighted by Crippen LogP contribution is -2.36. The van der Waals surface area contributed by atoms with Gasteiger partial charge in [0.15, 0.2) is 5.82 Å². The van der Waals surface area contributed by atoms with E-state index < -0.39 is 0 Å². The molecule has 11 nitrogen and oxygen atoms in total. The fourth-order valence-corrected chi connectivity index (χ4v) is 5.42. The summed E-state index contributed by atoms with van der Waals surface area (Å²) >= 11 is 0. The molecule has 11 heteroatoms. The molecule has 1 aliphatic heterocycles. The minimum atomic E-state index is -0.306. The van der Waals surface area contributed by atoms with Crippen LogP contribution in [0.3, 0.4) is 0 Å². The maximum atomic E-state index is 12.6. The summed E-state index contributed by atoms with van der Waals surface area (Å²) in [4.78, 5) is 39.4. The summed E-state index contributed by atoms with van der Waals surface area (Å²) in [7, 11) is 0. The summed E-state index contributed by atoms with van der Waals surface area (Å²) in [5, 5.41) is 8.74. The van der Waals surface area contributed by atoms with Gasteiger partial charge in [0.2, 0.25) is 5.95 Å². The molecular formula is C29H24N8O3.